The van der Waals surface area contributed by atoms with Crippen molar-refractivity contribution in [2.75, 3.05) is 0 Å². The molecule has 0 saturated heterocycles. The Bertz CT molecular complexity index is 566. The van der Waals surface area contributed by atoms with Gasteiger partial charge in [0.15, 0.2) is 0 Å². The van der Waals surface area contributed by atoms with Crippen LogP contribution in [0, 0.1) is 18.6 Å². The maximum absolute atomic E-state index is 13.6. The molecule has 1 atom stereocenters. The number of aryl methyl sites for hydroxylation is 2. The monoisotopic (exact) mass is 268 g/mol. The topological polar surface area (TPSA) is 38.9 Å². The number of hydrogen-bond acceptors (Lipinski definition) is 3. The average molecular weight is 268 g/mol. The lowest BCUT2D eigenvalue weighted by Crippen LogP contribution is -2.13. The standard InChI is InChI=1S/C13H14F2N2S/c1-3-11-7(2)18-13(17-11)12(16)9-6-8(14)4-5-10(9)15/h4-6,12H,3,16H2,1-2H3. The highest BCUT2D eigenvalue weighted by Crippen LogP contribution is 2.28. The number of hydrogen-bond donors (Lipinski definition) is 1. The van der Waals surface area contributed by atoms with Crippen LogP contribution in [0.1, 0.15) is 34.1 Å². The molecule has 96 valence electrons. The molecule has 2 rings (SSSR count). The van der Waals surface area contributed by atoms with Crippen LogP contribution in [0.3, 0.4) is 0 Å². The third kappa shape index (κ3) is 2.42. The van der Waals surface area contributed by atoms with Crippen LogP contribution < -0.4 is 5.73 Å². The van der Waals surface area contributed by atoms with Gasteiger partial charge in [-0.2, -0.15) is 0 Å². The van der Waals surface area contributed by atoms with Crippen LogP contribution in [0.4, 0.5) is 8.78 Å². The van der Waals surface area contributed by atoms with E-state index in [4.69, 9.17) is 5.73 Å². The fourth-order valence-corrected chi connectivity index (χ4v) is 2.83. The second-order valence-corrected chi connectivity index (χ2v) is 5.29. The Labute approximate surface area is 108 Å². The van der Waals surface area contributed by atoms with Crippen LogP contribution in [0.15, 0.2) is 18.2 Å². The number of aromatic nitrogens is 1. The first-order valence-corrected chi connectivity index (χ1v) is 6.51. The van der Waals surface area contributed by atoms with Crippen LogP contribution in [0.2, 0.25) is 0 Å². The van der Waals surface area contributed by atoms with E-state index in [0.717, 1.165) is 35.2 Å². The number of rotatable bonds is 3. The molecule has 1 unspecified atom stereocenters. The van der Waals surface area contributed by atoms with Gasteiger partial charge in [-0.25, -0.2) is 13.8 Å². The van der Waals surface area contributed by atoms with Crippen molar-refractivity contribution in [3.8, 4) is 0 Å². The maximum atomic E-state index is 13.6. The van der Waals surface area contributed by atoms with Gasteiger partial charge in [0.2, 0.25) is 0 Å². The number of nitrogens with two attached hydrogens (primary N) is 1. The first-order valence-electron chi connectivity index (χ1n) is 5.69. The molecule has 5 heteroatoms. The first-order chi connectivity index (χ1) is 8.52. The number of halogens is 2. The average Bonchev–Trinajstić information content (AvgIpc) is 2.73. The van der Waals surface area contributed by atoms with Crippen LogP contribution >= 0.6 is 11.3 Å². The Balaban J connectivity index is 2.40. The molecular weight excluding hydrogens is 254 g/mol. The summed E-state index contributed by atoms with van der Waals surface area (Å²) < 4.78 is 26.8. The molecule has 0 saturated carbocycles. The minimum absolute atomic E-state index is 0.145. The summed E-state index contributed by atoms with van der Waals surface area (Å²) in [6, 6.07) is 2.58. The summed E-state index contributed by atoms with van der Waals surface area (Å²) in [7, 11) is 0. The first kappa shape index (κ1) is 13.1. The zero-order chi connectivity index (χ0) is 13.3. The predicted molar refractivity (Wildman–Crippen MR) is 68.6 cm³/mol. The van der Waals surface area contributed by atoms with Gasteiger partial charge in [0.05, 0.1) is 11.7 Å². The van der Waals surface area contributed by atoms with Gasteiger partial charge in [-0.1, -0.05) is 6.92 Å². The molecule has 0 bridgehead atoms. The van der Waals surface area contributed by atoms with E-state index in [9.17, 15) is 8.78 Å². The fourth-order valence-electron chi connectivity index (χ4n) is 1.80. The Morgan fingerprint density at radius 1 is 1.39 bits per heavy atom. The van der Waals surface area contributed by atoms with Crippen molar-refractivity contribution in [1.82, 2.24) is 4.98 Å². The van der Waals surface area contributed by atoms with Crippen molar-refractivity contribution in [2.45, 2.75) is 26.3 Å². The highest BCUT2D eigenvalue weighted by molar-refractivity contribution is 7.11. The number of nitrogens with zero attached hydrogens (tertiary/aromatic N) is 1. The van der Waals surface area contributed by atoms with E-state index in [1.807, 2.05) is 13.8 Å². The van der Waals surface area contributed by atoms with Gasteiger partial charge < -0.3 is 5.73 Å². The SMILES string of the molecule is CCc1nc(C(N)c2cc(F)ccc2F)sc1C. The maximum Gasteiger partial charge on any atom is 0.128 e. The zero-order valence-corrected chi connectivity index (χ0v) is 11.0. The van der Waals surface area contributed by atoms with E-state index in [1.54, 1.807) is 0 Å². The predicted octanol–water partition coefficient (Wildman–Crippen LogP) is 3.34. The molecule has 1 heterocycles. The van der Waals surface area contributed by atoms with Gasteiger partial charge in [0.1, 0.15) is 16.6 Å². The fraction of sp³-hybridized carbons (Fsp3) is 0.308. The molecule has 0 aliphatic carbocycles. The highest BCUT2D eigenvalue weighted by Gasteiger charge is 2.19. The molecule has 1 aromatic heterocycles. The Hall–Kier alpha value is -1.33. The van der Waals surface area contributed by atoms with E-state index in [-0.39, 0.29) is 5.56 Å². The number of benzene rings is 1. The van der Waals surface area contributed by atoms with Crippen molar-refractivity contribution in [3.63, 3.8) is 0 Å². The minimum atomic E-state index is -0.718. The lowest BCUT2D eigenvalue weighted by molar-refractivity contribution is 0.576. The van der Waals surface area contributed by atoms with Crippen molar-refractivity contribution in [1.29, 1.82) is 0 Å². The molecule has 1 aromatic carbocycles. The summed E-state index contributed by atoms with van der Waals surface area (Å²) in [6.07, 6.45) is 0.806. The van der Waals surface area contributed by atoms with E-state index in [2.05, 4.69) is 4.98 Å². The van der Waals surface area contributed by atoms with Crippen molar-refractivity contribution in [2.24, 2.45) is 5.73 Å². The summed E-state index contributed by atoms with van der Waals surface area (Å²) in [5, 5.41) is 0.619. The minimum Gasteiger partial charge on any atom is -0.318 e. The molecule has 2 N–H and O–H groups in total. The van der Waals surface area contributed by atoms with E-state index < -0.39 is 17.7 Å². The molecule has 0 aliphatic rings. The van der Waals surface area contributed by atoms with Gasteiger partial charge in [0, 0.05) is 10.4 Å². The van der Waals surface area contributed by atoms with Gasteiger partial charge in [-0.15, -0.1) is 11.3 Å². The molecule has 0 radical (unpaired) electrons. The van der Waals surface area contributed by atoms with Gasteiger partial charge in [-0.3, -0.25) is 0 Å². The van der Waals surface area contributed by atoms with Gasteiger partial charge >= 0.3 is 0 Å². The normalized spacial score (nSPS) is 12.7. The largest absolute Gasteiger partial charge is 0.318 e. The Morgan fingerprint density at radius 3 is 2.72 bits per heavy atom. The molecule has 0 amide bonds. The Morgan fingerprint density at radius 2 is 2.11 bits per heavy atom. The summed E-state index contributed by atoms with van der Waals surface area (Å²) in [5.41, 5.74) is 7.07. The summed E-state index contributed by atoms with van der Waals surface area (Å²) in [5.74, 6) is -0.999. The molecule has 2 nitrogen and oxygen atoms in total. The van der Waals surface area contributed by atoms with Crippen LogP contribution in [-0.4, -0.2) is 4.98 Å². The molecule has 0 aliphatic heterocycles. The lowest BCUT2D eigenvalue weighted by Gasteiger charge is -2.10. The van der Waals surface area contributed by atoms with Crippen LogP contribution in [-0.2, 0) is 6.42 Å². The third-order valence-electron chi connectivity index (χ3n) is 2.80. The number of thiazole rings is 1. The second-order valence-electron chi connectivity index (χ2n) is 4.05. The van der Waals surface area contributed by atoms with Gasteiger partial charge in [0.25, 0.3) is 0 Å². The van der Waals surface area contributed by atoms with Crippen molar-refractivity contribution < 1.29 is 8.78 Å². The third-order valence-corrected chi connectivity index (χ3v) is 3.90. The second kappa shape index (κ2) is 5.12. The molecule has 0 spiro atoms. The van der Waals surface area contributed by atoms with Crippen LogP contribution in [0.5, 0.6) is 0 Å². The smallest absolute Gasteiger partial charge is 0.128 e. The molecular formula is C13H14F2N2S. The summed E-state index contributed by atoms with van der Waals surface area (Å²) in [4.78, 5) is 5.45. The quantitative estimate of drug-likeness (QED) is 0.927. The van der Waals surface area contributed by atoms with E-state index in [1.165, 1.54) is 11.3 Å². The van der Waals surface area contributed by atoms with Gasteiger partial charge in [-0.05, 0) is 31.5 Å². The lowest BCUT2D eigenvalue weighted by atomic mass is 10.1. The Kier molecular flexibility index (Phi) is 3.73. The highest BCUT2D eigenvalue weighted by atomic mass is 32.1. The summed E-state index contributed by atoms with van der Waals surface area (Å²) in [6.45, 7) is 3.95. The molecule has 0 fully saturated rings. The van der Waals surface area contributed by atoms with E-state index >= 15 is 0 Å². The van der Waals surface area contributed by atoms with Crippen molar-refractivity contribution >= 4 is 11.3 Å². The van der Waals surface area contributed by atoms with E-state index in [0.29, 0.717) is 5.01 Å². The summed E-state index contributed by atoms with van der Waals surface area (Å²) >= 11 is 1.43. The van der Waals surface area contributed by atoms with Crippen molar-refractivity contribution in [3.05, 3.63) is 51.0 Å². The molecule has 18 heavy (non-hydrogen) atoms. The van der Waals surface area contributed by atoms with Crippen LogP contribution in [0.25, 0.3) is 0 Å². The molecule has 2 aromatic rings. The zero-order valence-electron chi connectivity index (χ0n) is 10.2.